The van der Waals surface area contributed by atoms with Gasteiger partial charge in [0.2, 0.25) is 0 Å². The van der Waals surface area contributed by atoms with Crippen LogP contribution in [0.4, 0.5) is 4.39 Å². The van der Waals surface area contributed by atoms with E-state index in [1.165, 1.54) is 12.1 Å². The van der Waals surface area contributed by atoms with E-state index in [2.05, 4.69) is 10.2 Å². The van der Waals surface area contributed by atoms with Gasteiger partial charge in [-0.3, -0.25) is 0 Å². The SMILES string of the molecule is CC.CNCC(c1ccc(F)cc1)N(C)C. The average Bonchev–Trinajstić information content (AvgIpc) is 2.30. The molecule has 0 saturated carbocycles. The predicted octanol–water partition coefficient (Wildman–Crippen LogP) is 2.67. The molecule has 0 aliphatic heterocycles. The van der Waals surface area contributed by atoms with Gasteiger partial charge in [0.1, 0.15) is 5.82 Å². The zero-order valence-electron chi connectivity index (χ0n) is 10.9. The average molecular weight is 226 g/mol. The van der Waals surface area contributed by atoms with Crippen molar-refractivity contribution >= 4 is 0 Å². The molecule has 1 atom stereocenters. The van der Waals surface area contributed by atoms with Crippen molar-refractivity contribution in [2.45, 2.75) is 19.9 Å². The molecule has 1 unspecified atom stereocenters. The van der Waals surface area contributed by atoms with E-state index < -0.39 is 0 Å². The third-order valence-electron chi connectivity index (χ3n) is 2.28. The number of hydrogen-bond donors (Lipinski definition) is 1. The number of nitrogens with zero attached hydrogens (tertiary/aromatic N) is 1. The number of nitrogens with one attached hydrogen (secondary N) is 1. The molecule has 1 N–H and O–H groups in total. The minimum atomic E-state index is -0.185. The molecule has 0 saturated heterocycles. The summed E-state index contributed by atoms with van der Waals surface area (Å²) in [6.45, 7) is 4.86. The summed E-state index contributed by atoms with van der Waals surface area (Å²) in [5.74, 6) is -0.185. The molecule has 0 aliphatic rings. The van der Waals surface area contributed by atoms with Crippen LogP contribution in [0.2, 0.25) is 0 Å². The summed E-state index contributed by atoms with van der Waals surface area (Å²) in [6, 6.07) is 6.96. The van der Waals surface area contributed by atoms with Crippen molar-refractivity contribution in [3.8, 4) is 0 Å². The summed E-state index contributed by atoms with van der Waals surface area (Å²) < 4.78 is 12.7. The van der Waals surface area contributed by atoms with Crippen LogP contribution in [0.25, 0.3) is 0 Å². The molecule has 0 spiro atoms. The van der Waals surface area contributed by atoms with Crippen LogP contribution in [0.1, 0.15) is 25.5 Å². The molecule has 0 aliphatic carbocycles. The molecule has 1 aromatic carbocycles. The van der Waals surface area contributed by atoms with E-state index in [4.69, 9.17) is 0 Å². The third kappa shape index (κ3) is 4.73. The van der Waals surface area contributed by atoms with E-state index in [9.17, 15) is 4.39 Å². The Labute approximate surface area is 98.5 Å². The lowest BCUT2D eigenvalue weighted by Gasteiger charge is -2.24. The first-order valence-corrected chi connectivity index (χ1v) is 5.71. The largest absolute Gasteiger partial charge is 0.318 e. The zero-order chi connectivity index (χ0) is 12.6. The Morgan fingerprint density at radius 1 is 1.19 bits per heavy atom. The smallest absolute Gasteiger partial charge is 0.123 e. The Balaban J connectivity index is 0.00000106. The van der Waals surface area contributed by atoms with Crippen LogP contribution in [0, 0.1) is 5.82 Å². The van der Waals surface area contributed by atoms with Crippen molar-refractivity contribution in [2.75, 3.05) is 27.7 Å². The second kappa shape index (κ2) is 8.25. The van der Waals surface area contributed by atoms with Crippen molar-refractivity contribution in [2.24, 2.45) is 0 Å². The van der Waals surface area contributed by atoms with Crippen LogP contribution in [0.15, 0.2) is 24.3 Å². The normalized spacial score (nSPS) is 11.9. The highest BCUT2D eigenvalue weighted by Crippen LogP contribution is 2.17. The van der Waals surface area contributed by atoms with Gasteiger partial charge in [-0.1, -0.05) is 26.0 Å². The summed E-state index contributed by atoms with van der Waals surface area (Å²) in [6.07, 6.45) is 0. The molecule has 0 radical (unpaired) electrons. The van der Waals surface area contributed by atoms with Crippen molar-refractivity contribution in [3.63, 3.8) is 0 Å². The maximum atomic E-state index is 12.7. The first-order valence-electron chi connectivity index (χ1n) is 5.71. The van der Waals surface area contributed by atoms with Gasteiger partial charge in [0.05, 0.1) is 0 Å². The fourth-order valence-corrected chi connectivity index (χ4v) is 1.48. The predicted molar refractivity (Wildman–Crippen MR) is 68.1 cm³/mol. The number of rotatable bonds is 4. The van der Waals surface area contributed by atoms with Crippen molar-refractivity contribution in [1.29, 1.82) is 0 Å². The molecular weight excluding hydrogens is 203 g/mol. The first-order chi connectivity index (χ1) is 7.65. The van der Waals surface area contributed by atoms with Crippen molar-refractivity contribution in [3.05, 3.63) is 35.6 Å². The maximum Gasteiger partial charge on any atom is 0.123 e. The summed E-state index contributed by atoms with van der Waals surface area (Å²) >= 11 is 0. The monoisotopic (exact) mass is 226 g/mol. The molecule has 0 aromatic heterocycles. The summed E-state index contributed by atoms with van der Waals surface area (Å²) in [5.41, 5.74) is 1.13. The molecular formula is C13H23FN2. The lowest BCUT2D eigenvalue weighted by Crippen LogP contribution is -2.29. The Hall–Kier alpha value is -0.930. The minimum absolute atomic E-state index is 0.185. The van der Waals surface area contributed by atoms with E-state index in [0.717, 1.165) is 12.1 Å². The first kappa shape index (κ1) is 15.1. The molecule has 0 amide bonds. The van der Waals surface area contributed by atoms with Gasteiger partial charge in [0, 0.05) is 12.6 Å². The van der Waals surface area contributed by atoms with E-state index in [0.29, 0.717) is 6.04 Å². The van der Waals surface area contributed by atoms with Crippen molar-refractivity contribution < 1.29 is 4.39 Å². The lowest BCUT2D eigenvalue weighted by atomic mass is 10.1. The maximum absolute atomic E-state index is 12.7. The van der Waals surface area contributed by atoms with Gasteiger partial charge in [-0.15, -0.1) is 0 Å². The Bertz CT molecular complexity index is 270. The highest BCUT2D eigenvalue weighted by molar-refractivity contribution is 5.20. The van der Waals surface area contributed by atoms with Crippen LogP contribution in [-0.2, 0) is 0 Å². The van der Waals surface area contributed by atoms with E-state index >= 15 is 0 Å². The molecule has 0 bridgehead atoms. The van der Waals surface area contributed by atoms with Gasteiger partial charge in [0.15, 0.2) is 0 Å². The topological polar surface area (TPSA) is 15.3 Å². The van der Waals surface area contributed by atoms with Gasteiger partial charge in [-0.25, -0.2) is 4.39 Å². The molecule has 16 heavy (non-hydrogen) atoms. The zero-order valence-corrected chi connectivity index (χ0v) is 10.9. The van der Waals surface area contributed by atoms with Crippen molar-refractivity contribution in [1.82, 2.24) is 10.2 Å². The Morgan fingerprint density at radius 2 is 1.69 bits per heavy atom. The minimum Gasteiger partial charge on any atom is -0.318 e. The molecule has 2 nitrogen and oxygen atoms in total. The summed E-state index contributed by atoms with van der Waals surface area (Å²) in [4.78, 5) is 2.11. The van der Waals surface area contributed by atoms with Gasteiger partial charge < -0.3 is 10.2 Å². The van der Waals surface area contributed by atoms with Crippen LogP contribution >= 0.6 is 0 Å². The molecule has 0 heterocycles. The van der Waals surface area contributed by atoms with Gasteiger partial charge in [-0.05, 0) is 38.8 Å². The van der Waals surface area contributed by atoms with Gasteiger partial charge >= 0.3 is 0 Å². The van der Waals surface area contributed by atoms with E-state index in [1.807, 2.05) is 47.1 Å². The number of halogens is 1. The van der Waals surface area contributed by atoms with E-state index in [-0.39, 0.29) is 5.82 Å². The summed E-state index contributed by atoms with van der Waals surface area (Å²) in [5, 5.41) is 3.13. The Kier molecular flexibility index (Phi) is 7.77. The number of hydrogen-bond acceptors (Lipinski definition) is 2. The standard InChI is InChI=1S/C11H17FN2.C2H6/c1-13-8-11(14(2)3)9-4-6-10(12)7-5-9;1-2/h4-7,11,13H,8H2,1-3H3;1-2H3. The molecule has 92 valence electrons. The Morgan fingerprint density at radius 3 is 2.06 bits per heavy atom. The summed E-state index contributed by atoms with van der Waals surface area (Å²) in [7, 11) is 5.96. The highest BCUT2D eigenvalue weighted by Gasteiger charge is 2.12. The van der Waals surface area contributed by atoms with Gasteiger partial charge in [-0.2, -0.15) is 0 Å². The van der Waals surface area contributed by atoms with E-state index in [1.54, 1.807) is 0 Å². The van der Waals surface area contributed by atoms with Gasteiger partial charge in [0.25, 0.3) is 0 Å². The number of benzene rings is 1. The number of likely N-dealkylation sites (N-methyl/N-ethyl adjacent to an activating group) is 2. The second-order valence-corrected chi connectivity index (χ2v) is 3.59. The highest BCUT2D eigenvalue weighted by atomic mass is 19.1. The second-order valence-electron chi connectivity index (χ2n) is 3.59. The third-order valence-corrected chi connectivity index (χ3v) is 2.28. The molecule has 1 rings (SSSR count). The molecule has 0 fully saturated rings. The molecule has 1 aromatic rings. The fraction of sp³-hybridized carbons (Fsp3) is 0.538. The van der Waals surface area contributed by atoms with Crippen LogP contribution in [-0.4, -0.2) is 32.6 Å². The van der Waals surface area contributed by atoms with Crippen LogP contribution in [0.3, 0.4) is 0 Å². The quantitative estimate of drug-likeness (QED) is 0.849. The van der Waals surface area contributed by atoms with Crippen LogP contribution < -0.4 is 5.32 Å². The fourth-order valence-electron chi connectivity index (χ4n) is 1.48. The lowest BCUT2D eigenvalue weighted by molar-refractivity contribution is 0.293. The molecule has 3 heteroatoms. The van der Waals surface area contributed by atoms with Crippen LogP contribution in [0.5, 0.6) is 0 Å².